The lowest BCUT2D eigenvalue weighted by molar-refractivity contribution is 0.0362. The van der Waals surface area contributed by atoms with E-state index in [1.807, 2.05) is 28.0 Å². The van der Waals surface area contributed by atoms with Gasteiger partial charge in [-0.1, -0.05) is 6.07 Å². The monoisotopic (exact) mass is 524 g/mol. The third-order valence-corrected chi connectivity index (χ3v) is 7.82. The number of anilines is 2. The second-order valence-electron chi connectivity index (χ2n) is 9.50. The quantitative estimate of drug-likeness (QED) is 0.592. The van der Waals surface area contributed by atoms with Crippen molar-refractivity contribution in [2.45, 2.75) is 18.8 Å². The molecular formula is C25H32N8O3S. The molecular weight excluding hydrogens is 492 g/mol. The maximum absolute atomic E-state index is 13.1. The van der Waals surface area contributed by atoms with Gasteiger partial charge in [0.25, 0.3) is 5.91 Å². The van der Waals surface area contributed by atoms with Crippen LogP contribution in [0.15, 0.2) is 23.6 Å². The van der Waals surface area contributed by atoms with Crippen molar-refractivity contribution in [1.29, 1.82) is 5.26 Å². The minimum absolute atomic E-state index is 0.0243. The van der Waals surface area contributed by atoms with Gasteiger partial charge in [0, 0.05) is 62.8 Å². The van der Waals surface area contributed by atoms with E-state index >= 15 is 0 Å². The molecule has 11 nitrogen and oxygen atoms in total. The Morgan fingerprint density at radius 1 is 1.05 bits per heavy atom. The summed E-state index contributed by atoms with van der Waals surface area (Å²) in [5.74, 6) is 0.869. The first kappa shape index (κ1) is 25.4. The number of carbonyl (C=O) groups is 2. The normalized spacial score (nSPS) is 20.9. The van der Waals surface area contributed by atoms with Crippen LogP contribution < -0.4 is 5.32 Å². The number of urea groups is 1. The van der Waals surface area contributed by atoms with Gasteiger partial charge < -0.3 is 24.8 Å². The van der Waals surface area contributed by atoms with Gasteiger partial charge in [0.2, 0.25) is 0 Å². The molecule has 1 N–H and O–H groups in total. The molecule has 5 heterocycles. The summed E-state index contributed by atoms with van der Waals surface area (Å²) in [5.41, 5.74) is 1.40. The van der Waals surface area contributed by atoms with E-state index in [2.05, 4.69) is 21.3 Å². The summed E-state index contributed by atoms with van der Waals surface area (Å²) < 4.78 is 5.33. The van der Waals surface area contributed by atoms with Crippen molar-refractivity contribution in [1.82, 2.24) is 29.6 Å². The van der Waals surface area contributed by atoms with Crippen molar-refractivity contribution in [3.8, 4) is 6.07 Å². The second kappa shape index (κ2) is 11.9. The Labute approximate surface area is 220 Å². The molecule has 3 aliphatic rings. The molecule has 1 unspecified atom stereocenters. The van der Waals surface area contributed by atoms with E-state index in [4.69, 9.17) is 15.0 Å². The fourth-order valence-corrected chi connectivity index (χ4v) is 5.74. The number of nitriles is 1. The summed E-state index contributed by atoms with van der Waals surface area (Å²) in [6.07, 6.45) is 2.11. The van der Waals surface area contributed by atoms with E-state index in [-0.39, 0.29) is 11.9 Å². The number of amides is 3. The van der Waals surface area contributed by atoms with Crippen LogP contribution in [0.5, 0.6) is 0 Å². The van der Waals surface area contributed by atoms with Crippen LogP contribution in [0.1, 0.15) is 34.9 Å². The number of carbonyl (C=O) groups excluding carboxylic acids is 2. The standard InChI is InChI=1S/C25H32N8O3S/c26-6-8-30-7-2-3-19(17-30)20-4-1-5-22(27-20)29-24-28-21(18-37-24)23(34)31-9-11-32(12-10-31)25(35)33-13-15-36-16-14-33/h1,4-5,18-19H,2-3,7-17H2,(H,27,28,29). The third kappa shape index (κ3) is 6.18. The molecule has 3 aliphatic heterocycles. The molecule has 3 amide bonds. The van der Waals surface area contributed by atoms with E-state index in [0.29, 0.717) is 81.6 Å². The van der Waals surface area contributed by atoms with E-state index < -0.39 is 0 Å². The number of piperidine rings is 1. The van der Waals surface area contributed by atoms with E-state index in [9.17, 15) is 9.59 Å². The van der Waals surface area contributed by atoms with Gasteiger partial charge in [0.1, 0.15) is 11.5 Å². The Hall–Kier alpha value is -3.27. The number of morpholine rings is 1. The highest BCUT2D eigenvalue weighted by atomic mass is 32.1. The molecule has 37 heavy (non-hydrogen) atoms. The maximum atomic E-state index is 13.1. The molecule has 3 fully saturated rings. The smallest absolute Gasteiger partial charge is 0.320 e. The number of likely N-dealkylation sites (tertiary alicyclic amines) is 1. The van der Waals surface area contributed by atoms with Gasteiger partial charge in [-0.2, -0.15) is 5.26 Å². The highest BCUT2D eigenvalue weighted by Crippen LogP contribution is 2.27. The van der Waals surface area contributed by atoms with Gasteiger partial charge in [0.05, 0.1) is 25.8 Å². The first-order valence-electron chi connectivity index (χ1n) is 12.8. The lowest BCUT2D eigenvalue weighted by Crippen LogP contribution is -2.55. The molecule has 196 valence electrons. The van der Waals surface area contributed by atoms with Crippen molar-refractivity contribution in [3.05, 3.63) is 35.0 Å². The molecule has 2 aromatic heterocycles. The SMILES string of the molecule is N#CCN1CCCC(c2cccc(Nc3nc(C(=O)N4CCN(C(=O)N5CCOCC5)CC4)cs3)n2)C1. The minimum Gasteiger partial charge on any atom is -0.378 e. The number of thiazole rings is 1. The lowest BCUT2D eigenvalue weighted by atomic mass is 9.94. The molecule has 12 heteroatoms. The van der Waals surface area contributed by atoms with Crippen LogP contribution in [0.3, 0.4) is 0 Å². The van der Waals surface area contributed by atoms with Crippen LogP contribution in [-0.4, -0.2) is 114 Å². The van der Waals surface area contributed by atoms with Crippen LogP contribution in [0.4, 0.5) is 15.7 Å². The van der Waals surface area contributed by atoms with Gasteiger partial charge in [-0.3, -0.25) is 9.69 Å². The fourth-order valence-electron chi connectivity index (χ4n) is 5.05. The number of hydrogen-bond donors (Lipinski definition) is 1. The van der Waals surface area contributed by atoms with Gasteiger partial charge in [-0.25, -0.2) is 14.8 Å². The molecule has 0 radical (unpaired) electrons. The number of nitrogens with one attached hydrogen (secondary N) is 1. The number of pyridine rings is 1. The summed E-state index contributed by atoms with van der Waals surface area (Å²) in [7, 11) is 0. The Kier molecular flexibility index (Phi) is 8.13. The van der Waals surface area contributed by atoms with Crippen LogP contribution >= 0.6 is 11.3 Å². The first-order valence-corrected chi connectivity index (χ1v) is 13.7. The van der Waals surface area contributed by atoms with Gasteiger partial charge in [-0.15, -0.1) is 11.3 Å². The summed E-state index contributed by atoms with van der Waals surface area (Å²) in [6, 6.07) is 8.17. The Balaban J connectivity index is 1.15. The van der Waals surface area contributed by atoms with Crippen LogP contribution in [0.25, 0.3) is 0 Å². The molecule has 2 aromatic rings. The topological polar surface area (TPSA) is 118 Å². The Morgan fingerprint density at radius 3 is 2.59 bits per heavy atom. The Morgan fingerprint density at radius 2 is 1.81 bits per heavy atom. The number of aromatic nitrogens is 2. The molecule has 0 spiro atoms. The van der Waals surface area contributed by atoms with Crippen molar-refractivity contribution >= 4 is 34.2 Å². The molecule has 0 saturated carbocycles. The number of ether oxygens (including phenoxy) is 1. The van der Waals surface area contributed by atoms with E-state index in [0.717, 1.165) is 31.6 Å². The average Bonchev–Trinajstić information content (AvgIpc) is 3.42. The van der Waals surface area contributed by atoms with Gasteiger partial charge in [-0.05, 0) is 31.5 Å². The molecule has 0 bridgehead atoms. The first-order chi connectivity index (χ1) is 18.1. The lowest BCUT2D eigenvalue weighted by Gasteiger charge is -2.38. The molecule has 0 aliphatic carbocycles. The van der Waals surface area contributed by atoms with Crippen molar-refractivity contribution in [3.63, 3.8) is 0 Å². The average molecular weight is 525 g/mol. The zero-order chi connectivity index (χ0) is 25.6. The molecule has 1 atom stereocenters. The van der Waals surface area contributed by atoms with Gasteiger partial charge in [0.15, 0.2) is 5.13 Å². The van der Waals surface area contributed by atoms with Crippen LogP contribution in [0.2, 0.25) is 0 Å². The predicted octanol–water partition coefficient (Wildman–Crippen LogP) is 2.19. The predicted molar refractivity (Wildman–Crippen MR) is 139 cm³/mol. The summed E-state index contributed by atoms with van der Waals surface area (Å²) >= 11 is 1.37. The van der Waals surface area contributed by atoms with Crippen molar-refractivity contribution < 1.29 is 14.3 Å². The maximum Gasteiger partial charge on any atom is 0.320 e. The molecule has 3 saturated heterocycles. The Bertz CT molecular complexity index is 1140. The molecule has 0 aromatic carbocycles. The highest BCUT2D eigenvalue weighted by Gasteiger charge is 2.29. The van der Waals surface area contributed by atoms with Crippen LogP contribution in [0, 0.1) is 11.3 Å². The minimum atomic E-state index is -0.121. The zero-order valence-electron chi connectivity index (χ0n) is 20.8. The number of piperazine rings is 1. The third-order valence-electron chi connectivity index (χ3n) is 7.07. The van der Waals surface area contributed by atoms with E-state index in [1.165, 1.54) is 11.3 Å². The summed E-state index contributed by atoms with van der Waals surface area (Å²) in [4.78, 5) is 42.6. The number of hydrogen-bond acceptors (Lipinski definition) is 9. The summed E-state index contributed by atoms with van der Waals surface area (Å²) in [6.45, 7) is 6.63. The molecule has 5 rings (SSSR count). The van der Waals surface area contributed by atoms with Crippen molar-refractivity contribution in [2.24, 2.45) is 0 Å². The fraction of sp³-hybridized carbons (Fsp3) is 0.560. The van der Waals surface area contributed by atoms with Crippen LogP contribution in [-0.2, 0) is 4.74 Å². The largest absolute Gasteiger partial charge is 0.378 e. The van der Waals surface area contributed by atoms with Gasteiger partial charge >= 0.3 is 6.03 Å². The number of rotatable bonds is 5. The van der Waals surface area contributed by atoms with E-state index in [1.54, 1.807) is 10.3 Å². The number of nitrogens with zero attached hydrogens (tertiary/aromatic N) is 7. The van der Waals surface area contributed by atoms with Crippen molar-refractivity contribution in [2.75, 3.05) is 77.4 Å². The summed E-state index contributed by atoms with van der Waals surface area (Å²) in [5, 5.41) is 14.6. The second-order valence-corrected chi connectivity index (χ2v) is 10.4. The highest BCUT2D eigenvalue weighted by molar-refractivity contribution is 7.14. The zero-order valence-corrected chi connectivity index (χ0v) is 21.7.